The monoisotopic (exact) mass is 313 g/mol. The molecule has 0 saturated heterocycles. The molecule has 7 heteroatoms. The lowest BCUT2D eigenvalue weighted by Crippen LogP contribution is -2.07. The smallest absolute Gasteiger partial charge is 0.265 e. The van der Waals surface area contributed by atoms with Gasteiger partial charge in [-0.25, -0.2) is 0 Å². The first-order chi connectivity index (χ1) is 9.45. The topological polar surface area (TPSA) is 61.0 Å². The van der Waals surface area contributed by atoms with Crippen LogP contribution in [0.3, 0.4) is 0 Å². The molecule has 0 radical (unpaired) electrons. The molecular formula is C13H13Cl2N3O2. The third kappa shape index (κ3) is 2.64. The van der Waals surface area contributed by atoms with Gasteiger partial charge in [-0.1, -0.05) is 17.7 Å². The van der Waals surface area contributed by atoms with Gasteiger partial charge >= 0.3 is 0 Å². The lowest BCUT2D eigenvalue weighted by molar-refractivity contribution is -0.385. The Kier molecular flexibility index (Phi) is 4.30. The zero-order chi connectivity index (χ0) is 14.9. The number of alkyl halides is 1. The average molecular weight is 314 g/mol. The predicted molar refractivity (Wildman–Crippen MR) is 78.5 cm³/mol. The van der Waals surface area contributed by atoms with Crippen molar-refractivity contribution in [1.29, 1.82) is 0 Å². The summed E-state index contributed by atoms with van der Waals surface area (Å²) in [7, 11) is 0. The lowest BCUT2D eigenvalue weighted by Gasteiger charge is -2.08. The van der Waals surface area contributed by atoms with E-state index in [9.17, 15) is 10.1 Å². The largest absolute Gasteiger partial charge is 0.275 e. The predicted octanol–water partition coefficient (Wildman–Crippen LogP) is 3.85. The van der Waals surface area contributed by atoms with Crippen molar-refractivity contribution in [3.8, 4) is 0 Å². The standard InChI is InChI=1S/C13H13Cl2N3O2/c1-8-10(6-14)9(2)17(16-8)7-11-12(15)4-3-5-13(11)18(19)20/h3-5H,6-7H2,1-2H3. The molecule has 0 aliphatic rings. The molecule has 0 N–H and O–H groups in total. The van der Waals surface area contributed by atoms with E-state index in [1.807, 2.05) is 13.8 Å². The molecule has 5 nitrogen and oxygen atoms in total. The van der Waals surface area contributed by atoms with Gasteiger partial charge in [-0.15, -0.1) is 11.6 Å². The summed E-state index contributed by atoms with van der Waals surface area (Å²) in [5.74, 6) is 0.363. The van der Waals surface area contributed by atoms with E-state index in [1.54, 1.807) is 16.8 Å². The van der Waals surface area contributed by atoms with Crippen molar-refractivity contribution in [2.75, 3.05) is 0 Å². The molecule has 2 aromatic rings. The molecule has 0 fully saturated rings. The SMILES string of the molecule is Cc1nn(Cc2c(Cl)cccc2[N+](=O)[O-])c(C)c1CCl. The highest BCUT2D eigenvalue weighted by molar-refractivity contribution is 6.31. The van der Waals surface area contributed by atoms with Crippen LogP contribution in [0.5, 0.6) is 0 Å². The summed E-state index contributed by atoms with van der Waals surface area (Å²) in [4.78, 5) is 10.6. The minimum absolute atomic E-state index is 0.00234. The molecule has 1 aromatic carbocycles. The number of nitrogens with zero attached hydrogens (tertiary/aromatic N) is 3. The molecule has 0 saturated carbocycles. The molecule has 20 heavy (non-hydrogen) atoms. The van der Waals surface area contributed by atoms with Gasteiger partial charge in [0.1, 0.15) is 0 Å². The van der Waals surface area contributed by atoms with Gasteiger partial charge in [-0.3, -0.25) is 14.8 Å². The van der Waals surface area contributed by atoms with Gasteiger partial charge in [0, 0.05) is 17.3 Å². The fraction of sp³-hybridized carbons (Fsp3) is 0.308. The number of benzene rings is 1. The Hall–Kier alpha value is -1.59. The van der Waals surface area contributed by atoms with Gasteiger partial charge < -0.3 is 0 Å². The fourth-order valence-electron chi connectivity index (χ4n) is 2.11. The van der Waals surface area contributed by atoms with Gasteiger partial charge in [0.25, 0.3) is 5.69 Å². The van der Waals surface area contributed by atoms with Gasteiger partial charge in [0.2, 0.25) is 0 Å². The number of nitro benzene ring substituents is 1. The zero-order valence-corrected chi connectivity index (χ0v) is 12.6. The summed E-state index contributed by atoms with van der Waals surface area (Å²) in [6.07, 6.45) is 0. The summed E-state index contributed by atoms with van der Waals surface area (Å²) in [6.45, 7) is 4.00. The molecule has 0 bridgehead atoms. The van der Waals surface area contributed by atoms with Crippen molar-refractivity contribution in [3.05, 3.63) is 55.9 Å². The van der Waals surface area contributed by atoms with Crippen molar-refractivity contribution in [2.45, 2.75) is 26.3 Å². The molecule has 0 aliphatic heterocycles. The first-order valence-corrected chi connectivity index (χ1v) is 6.87. The number of hydrogen-bond donors (Lipinski definition) is 0. The highest BCUT2D eigenvalue weighted by Gasteiger charge is 2.19. The van der Waals surface area contributed by atoms with E-state index in [4.69, 9.17) is 23.2 Å². The summed E-state index contributed by atoms with van der Waals surface area (Å²) in [5, 5.41) is 15.8. The second kappa shape index (κ2) is 5.81. The fourth-order valence-corrected chi connectivity index (χ4v) is 2.72. The maximum atomic E-state index is 11.1. The van der Waals surface area contributed by atoms with Crippen LogP contribution in [-0.2, 0) is 12.4 Å². The maximum absolute atomic E-state index is 11.1. The minimum Gasteiger partial charge on any atom is -0.265 e. The Morgan fingerprint density at radius 3 is 2.60 bits per heavy atom. The van der Waals surface area contributed by atoms with E-state index < -0.39 is 4.92 Å². The molecule has 0 amide bonds. The van der Waals surface area contributed by atoms with Gasteiger partial charge in [0.15, 0.2) is 0 Å². The number of halogens is 2. The molecule has 1 aromatic heterocycles. The Balaban J connectivity index is 2.48. The third-order valence-electron chi connectivity index (χ3n) is 3.26. The Bertz CT molecular complexity index is 668. The maximum Gasteiger partial charge on any atom is 0.275 e. The average Bonchev–Trinajstić information content (AvgIpc) is 2.66. The minimum atomic E-state index is -0.435. The van der Waals surface area contributed by atoms with Crippen molar-refractivity contribution in [1.82, 2.24) is 9.78 Å². The molecule has 106 valence electrons. The summed E-state index contributed by atoms with van der Waals surface area (Å²) >= 11 is 12.0. The summed E-state index contributed by atoms with van der Waals surface area (Å²) < 4.78 is 1.70. The molecule has 0 atom stereocenters. The molecule has 0 unspecified atom stereocenters. The van der Waals surface area contributed by atoms with Crippen LogP contribution in [0.2, 0.25) is 5.02 Å². The van der Waals surface area contributed by atoms with E-state index in [0.29, 0.717) is 16.5 Å². The Morgan fingerprint density at radius 2 is 2.05 bits per heavy atom. The molecule has 0 aliphatic carbocycles. The number of nitro groups is 1. The van der Waals surface area contributed by atoms with Crippen LogP contribution in [0.15, 0.2) is 18.2 Å². The number of rotatable bonds is 4. The van der Waals surface area contributed by atoms with Crippen molar-refractivity contribution >= 4 is 28.9 Å². The Morgan fingerprint density at radius 1 is 1.35 bits per heavy atom. The van der Waals surface area contributed by atoms with Crippen LogP contribution in [0, 0.1) is 24.0 Å². The summed E-state index contributed by atoms with van der Waals surface area (Å²) in [5.41, 5.74) is 3.11. The van der Waals surface area contributed by atoms with Crippen LogP contribution >= 0.6 is 23.2 Å². The quantitative estimate of drug-likeness (QED) is 0.489. The van der Waals surface area contributed by atoms with Crippen LogP contribution < -0.4 is 0 Å². The first kappa shape index (κ1) is 14.8. The lowest BCUT2D eigenvalue weighted by atomic mass is 10.1. The second-order valence-electron chi connectivity index (χ2n) is 4.44. The van der Waals surface area contributed by atoms with Crippen LogP contribution in [-0.4, -0.2) is 14.7 Å². The van der Waals surface area contributed by atoms with Crippen LogP contribution in [0.25, 0.3) is 0 Å². The Labute approximate surface area is 126 Å². The molecule has 2 rings (SSSR count). The number of aryl methyl sites for hydroxylation is 1. The zero-order valence-electron chi connectivity index (χ0n) is 11.1. The van der Waals surface area contributed by atoms with Crippen molar-refractivity contribution in [3.63, 3.8) is 0 Å². The highest BCUT2D eigenvalue weighted by Crippen LogP contribution is 2.28. The number of hydrogen-bond acceptors (Lipinski definition) is 3. The van der Waals surface area contributed by atoms with E-state index in [1.165, 1.54) is 6.07 Å². The van der Waals surface area contributed by atoms with E-state index in [0.717, 1.165) is 17.0 Å². The molecule has 1 heterocycles. The number of aromatic nitrogens is 2. The molecular weight excluding hydrogens is 301 g/mol. The first-order valence-electron chi connectivity index (χ1n) is 5.96. The normalized spacial score (nSPS) is 10.8. The van der Waals surface area contributed by atoms with Gasteiger partial charge in [-0.2, -0.15) is 5.10 Å². The van der Waals surface area contributed by atoms with E-state index >= 15 is 0 Å². The van der Waals surface area contributed by atoms with Crippen molar-refractivity contribution in [2.24, 2.45) is 0 Å². The molecule has 0 spiro atoms. The van der Waals surface area contributed by atoms with E-state index in [-0.39, 0.29) is 12.2 Å². The van der Waals surface area contributed by atoms with Gasteiger partial charge in [0.05, 0.1) is 33.6 Å². The third-order valence-corrected chi connectivity index (χ3v) is 3.89. The highest BCUT2D eigenvalue weighted by atomic mass is 35.5. The van der Waals surface area contributed by atoms with Gasteiger partial charge in [-0.05, 0) is 19.9 Å². The van der Waals surface area contributed by atoms with E-state index in [2.05, 4.69) is 5.10 Å². The van der Waals surface area contributed by atoms with Crippen molar-refractivity contribution < 1.29 is 4.92 Å². The second-order valence-corrected chi connectivity index (χ2v) is 5.11. The van der Waals surface area contributed by atoms with Crippen LogP contribution in [0.4, 0.5) is 5.69 Å². The summed E-state index contributed by atoms with van der Waals surface area (Å²) in [6, 6.07) is 4.64. The van der Waals surface area contributed by atoms with Crippen LogP contribution in [0.1, 0.15) is 22.5 Å².